The minimum atomic E-state index is -0.195. The van der Waals surface area contributed by atoms with E-state index in [0.717, 1.165) is 52.2 Å². The van der Waals surface area contributed by atoms with Crippen molar-refractivity contribution < 1.29 is 9.53 Å². The van der Waals surface area contributed by atoms with Crippen molar-refractivity contribution in [2.75, 3.05) is 18.5 Å². The number of ketones is 1. The van der Waals surface area contributed by atoms with Crippen LogP contribution in [0.5, 0.6) is 0 Å². The molecule has 2 unspecified atom stereocenters. The third-order valence-electron chi connectivity index (χ3n) is 4.22. The van der Waals surface area contributed by atoms with Crippen molar-refractivity contribution in [3.8, 4) is 0 Å². The summed E-state index contributed by atoms with van der Waals surface area (Å²) in [5.74, 6) is 0.135. The number of hydrogen-bond acceptors (Lipinski definition) is 7. The van der Waals surface area contributed by atoms with Gasteiger partial charge in [0.25, 0.3) is 0 Å². The van der Waals surface area contributed by atoms with Crippen molar-refractivity contribution >= 4 is 34.0 Å². The van der Waals surface area contributed by atoms with Crippen molar-refractivity contribution in [1.82, 2.24) is 10.2 Å². The average molecular weight is 378 g/mol. The molecule has 1 aliphatic rings. The van der Waals surface area contributed by atoms with Crippen LogP contribution in [-0.2, 0) is 4.74 Å². The molecule has 1 aromatic carbocycles. The minimum absolute atomic E-state index is 0.135. The normalized spacial score (nSPS) is 18.3. The first-order valence-electron chi connectivity index (χ1n) is 8.50. The van der Waals surface area contributed by atoms with Crippen LogP contribution in [-0.4, -0.2) is 40.5 Å². The summed E-state index contributed by atoms with van der Waals surface area (Å²) in [6.45, 7) is 7.51. The van der Waals surface area contributed by atoms with Crippen molar-refractivity contribution in [3.05, 3.63) is 34.9 Å². The molecule has 3 rings (SSSR count). The molecule has 1 saturated heterocycles. The highest BCUT2D eigenvalue weighted by atomic mass is 32.2. The molecule has 0 aliphatic carbocycles. The van der Waals surface area contributed by atoms with Gasteiger partial charge in [-0.15, -0.1) is 10.2 Å². The molecular weight excluding hydrogens is 354 g/mol. The van der Waals surface area contributed by atoms with Crippen LogP contribution < -0.4 is 5.32 Å². The van der Waals surface area contributed by atoms with Crippen LogP contribution in [0.4, 0.5) is 5.13 Å². The molecule has 5 nitrogen and oxygen atoms in total. The lowest BCUT2D eigenvalue weighted by Crippen LogP contribution is -2.18. The molecule has 2 heterocycles. The first-order valence-corrected chi connectivity index (χ1v) is 10.2. The van der Waals surface area contributed by atoms with Crippen LogP contribution in [0, 0.1) is 13.8 Å². The van der Waals surface area contributed by atoms with E-state index >= 15 is 0 Å². The van der Waals surface area contributed by atoms with Gasteiger partial charge in [-0.05, 0) is 45.2 Å². The summed E-state index contributed by atoms with van der Waals surface area (Å²) in [6, 6.07) is 5.99. The van der Waals surface area contributed by atoms with Crippen LogP contribution in [0.1, 0.15) is 41.3 Å². The Labute approximate surface area is 156 Å². The van der Waals surface area contributed by atoms with Gasteiger partial charge in [0.1, 0.15) is 0 Å². The Kier molecular flexibility index (Phi) is 6.09. The predicted octanol–water partition coefficient (Wildman–Crippen LogP) is 4.11. The number of rotatable bonds is 7. The number of hydrogen-bond donors (Lipinski definition) is 1. The molecular formula is C18H23N3O2S2. The standard InChI is InChI=1S/C18H23N3O2S2/c1-11-6-7-12(2)15(9-11)16(22)13(3)24-18-21-20-17(25-18)19-10-14-5-4-8-23-14/h6-7,9,13-14H,4-5,8,10H2,1-3H3,(H,19,20). The van der Waals surface area contributed by atoms with Crippen LogP contribution in [0.15, 0.2) is 22.5 Å². The molecule has 0 spiro atoms. The van der Waals surface area contributed by atoms with E-state index in [2.05, 4.69) is 15.5 Å². The van der Waals surface area contributed by atoms with Gasteiger partial charge in [-0.3, -0.25) is 4.79 Å². The van der Waals surface area contributed by atoms with Gasteiger partial charge in [-0.1, -0.05) is 40.8 Å². The fraction of sp³-hybridized carbons (Fsp3) is 0.500. The highest BCUT2D eigenvalue weighted by molar-refractivity contribution is 8.02. The molecule has 134 valence electrons. The van der Waals surface area contributed by atoms with Gasteiger partial charge in [-0.25, -0.2) is 0 Å². The van der Waals surface area contributed by atoms with E-state index < -0.39 is 0 Å². The minimum Gasteiger partial charge on any atom is -0.376 e. The maximum Gasteiger partial charge on any atom is 0.206 e. The summed E-state index contributed by atoms with van der Waals surface area (Å²) in [4.78, 5) is 12.7. The quantitative estimate of drug-likeness (QED) is 0.579. The Bertz CT molecular complexity index is 742. The van der Waals surface area contributed by atoms with E-state index in [1.165, 1.54) is 23.1 Å². The first-order chi connectivity index (χ1) is 12.0. The van der Waals surface area contributed by atoms with E-state index in [-0.39, 0.29) is 17.1 Å². The monoisotopic (exact) mass is 377 g/mol. The average Bonchev–Trinajstić information content (AvgIpc) is 3.26. The number of benzene rings is 1. The van der Waals surface area contributed by atoms with Crippen LogP contribution >= 0.6 is 23.1 Å². The number of anilines is 1. The lowest BCUT2D eigenvalue weighted by molar-refractivity contribution is 0.0993. The maximum atomic E-state index is 12.7. The third kappa shape index (κ3) is 4.80. The van der Waals surface area contributed by atoms with Crippen LogP contribution in [0.3, 0.4) is 0 Å². The molecule has 1 aromatic heterocycles. The van der Waals surface area contributed by atoms with Gasteiger partial charge in [0, 0.05) is 18.7 Å². The molecule has 1 N–H and O–H groups in total. The van der Waals surface area contributed by atoms with Crippen molar-refractivity contribution in [3.63, 3.8) is 0 Å². The van der Waals surface area contributed by atoms with E-state index in [9.17, 15) is 4.79 Å². The zero-order valence-corrected chi connectivity index (χ0v) is 16.4. The zero-order chi connectivity index (χ0) is 17.8. The molecule has 7 heteroatoms. The van der Waals surface area contributed by atoms with Gasteiger partial charge < -0.3 is 10.1 Å². The Balaban J connectivity index is 1.58. The number of thioether (sulfide) groups is 1. The molecule has 2 aromatic rings. The predicted molar refractivity (Wildman–Crippen MR) is 103 cm³/mol. The Morgan fingerprint density at radius 2 is 2.28 bits per heavy atom. The Hall–Kier alpha value is -1.44. The summed E-state index contributed by atoms with van der Waals surface area (Å²) in [5.41, 5.74) is 2.91. The molecule has 2 atom stereocenters. The largest absolute Gasteiger partial charge is 0.376 e. The highest BCUT2D eigenvalue weighted by Crippen LogP contribution is 2.31. The SMILES string of the molecule is Cc1ccc(C)c(C(=O)C(C)Sc2nnc(NCC3CCCO3)s2)c1. The lowest BCUT2D eigenvalue weighted by atomic mass is 10.0. The smallest absolute Gasteiger partial charge is 0.206 e. The second-order valence-corrected chi connectivity index (χ2v) is 8.90. The lowest BCUT2D eigenvalue weighted by Gasteiger charge is -2.11. The number of carbonyl (C=O) groups is 1. The second-order valence-electron chi connectivity index (χ2n) is 6.33. The maximum absolute atomic E-state index is 12.7. The fourth-order valence-corrected chi connectivity index (χ4v) is 4.73. The van der Waals surface area contributed by atoms with Crippen molar-refractivity contribution in [2.45, 2.75) is 49.3 Å². The molecule has 0 saturated carbocycles. The topological polar surface area (TPSA) is 64.1 Å². The molecule has 0 amide bonds. The van der Waals surface area contributed by atoms with Crippen LogP contribution in [0.2, 0.25) is 0 Å². The van der Waals surface area contributed by atoms with Crippen molar-refractivity contribution in [1.29, 1.82) is 0 Å². The number of Topliss-reactive ketones (excluding diaryl/α,β-unsaturated/α-hetero) is 1. The summed E-state index contributed by atoms with van der Waals surface area (Å²) in [6.07, 6.45) is 2.49. The van der Waals surface area contributed by atoms with Gasteiger partial charge in [0.2, 0.25) is 5.13 Å². The van der Waals surface area contributed by atoms with E-state index in [0.29, 0.717) is 0 Å². The number of nitrogens with zero attached hydrogens (tertiary/aromatic N) is 2. The number of aromatic nitrogens is 2. The Morgan fingerprint density at radius 3 is 3.04 bits per heavy atom. The summed E-state index contributed by atoms with van der Waals surface area (Å²) < 4.78 is 6.40. The number of nitrogens with one attached hydrogen (secondary N) is 1. The highest BCUT2D eigenvalue weighted by Gasteiger charge is 2.21. The Morgan fingerprint density at radius 1 is 1.44 bits per heavy atom. The van der Waals surface area contributed by atoms with E-state index in [4.69, 9.17) is 4.74 Å². The first kappa shape index (κ1) is 18.4. The summed E-state index contributed by atoms with van der Waals surface area (Å²) >= 11 is 2.95. The van der Waals surface area contributed by atoms with Crippen molar-refractivity contribution in [2.24, 2.45) is 0 Å². The van der Waals surface area contributed by atoms with Gasteiger partial charge in [0.15, 0.2) is 10.1 Å². The van der Waals surface area contributed by atoms with E-state index in [1.807, 2.05) is 39.0 Å². The number of aryl methyl sites for hydroxylation is 2. The van der Waals surface area contributed by atoms with Crippen LogP contribution in [0.25, 0.3) is 0 Å². The second kappa shape index (κ2) is 8.29. The molecule has 1 aliphatic heterocycles. The number of ether oxygens (including phenoxy) is 1. The number of carbonyl (C=O) groups excluding carboxylic acids is 1. The zero-order valence-electron chi connectivity index (χ0n) is 14.7. The van der Waals surface area contributed by atoms with Gasteiger partial charge in [0.05, 0.1) is 11.4 Å². The summed E-state index contributed by atoms with van der Waals surface area (Å²) in [7, 11) is 0. The molecule has 1 fully saturated rings. The van der Waals surface area contributed by atoms with Gasteiger partial charge in [-0.2, -0.15) is 0 Å². The third-order valence-corrected chi connectivity index (χ3v) is 6.28. The molecule has 25 heavy (non-hydrogen) atoms. The fourth-order valence-electron chi connectivity index (χ4n) is 2.76. The molecule has 0 bridgehead atoms. The van der Waals surface area contributed by atoms with E-state index in [1.54, 1.807) is 0 Å². The molecule has 0 radical (unpaired) electrons. The summed E-state index contributed by atoms with van der Waals surface area (Å²) in [5, 5.41) is 12.2. The van der Waals surface area contributed by atoms with Gasteiger partial charge >= 0.3 is 0 Å².